The Kier molecular flexibility index (Phi) is 6.15. The van der Waals surface area contributed by atoms with Crippen molar-refractivity contribution in [2.75, 3.05) is 6.61 Å². The molecule has 0 unspecified atom stereocenters. The Balaban J connectivity index is 2.92. The lowest BCUT2D eigenvalue weighted by atomic mass is 10.2. The minimum Gasteiger partial charge on any atom is -0.461 e. The van der Waals surface area contributed by atoms with Crippen molar-refractivity contribution in [2.45, 2.75) is 50.8 Å². The molecule has 0 aliphatic carbocycles. The molecular formula is C12H21N3O4S. The molecule has 0 aromatic carbocycles. The van der Waals surface area contributed by atoms with E-state index in [0.717, 1.165) is 19.3 Å². The van der Waals surface area contributed by atoms with Gasteiger partial charge >= 0.3 is 5.97 Å². The van der Waals surface area contributed by atoms with Crippen LogP contribution in [-0.4, -0.2) is 31.2 Å². The standard InChI is InChI=1S/C12H21N3O4S/c1-3-5-6-8-19-12(16)10-11(20(13,17)18)9(7-4-2)14-15-10/h3-8H2,1-2H3,(H,14,15)(H2,13,17,18). The van der Waals surface area contributed by atoms with E-state index in [1.165, 1.54) is 0 Å². The summed E-state index contributed by atoms with van der Waals surface area (Å²) in [5, 5.41) is 11.4. The van der Waals surface area contributed by atoms with E-state index in [4.69, 9.17) is 9.88 Å². The number of rotatable bonds is 8. The molecule has 0 bridgehead atoms. The Bertz CT molecular complexity index is 551. The van der Waals surface area contributed by atoms with E-state index in [1.54, 1.807) is 0 Å². The molecule has 3 N–H and O–H groups in total. The number of carbonyl (C=O) groups excluding carboxylic acids is 1. The molecule has 0 spiro atoms. The number of nitrogens with zero attached hydrogens (tertiary/aromatic N) is 1. The Morgan fingerprint density at radius 1 is 1.30 bits per heavy atom. The smallest absolute Gasteiger partial charge is 0.360 e. The molecule has 114 valence electrons. The van der Waals surface area contributed by atoms with Gasteiger partial charge in [-0.1, -0.05) is 33.1 Å². The maximum absolute atomic E-state index is 11.9. The van der Waals surface area contributed by atoms with Crippen LogP contribution >= 0.6 is 0 Å². The van der Waals surface area contributed by atoms with Gasteiger partial charge in [0.15, 0.2) is 5.69 Å². The molecule has 1 aromatic heterocycles. The number of nitrogens with two attached hydrogens (primary N) is 1. The van der Waals surface area contributed by atoms with Crippen LogP contribution in [0.25, 0.3) is 0 Å². The summed E-state index contributed by atoms with van der Waals surface area (Å²) in [6.45, 7) is 4.16. The highest BCUT2D eigenvalue weighted by atomic mass is 32.2. The number of nitrogens with one attached hydrogen (secondary N) is 1. The SMILES string of the molecule is CCCCCOC(=O)c1n[nH]c(CCC)c1S(N)(=O)=O. The first-order chi connectivity index (χ1) is 9.41. The fraction of sp³-hybridized carbons (Fsp3) is 0.667. The van der Waals surface area contributed by atoms with Crippen LogP contribution in [0.4, 0.5) is 0 Å². The van der Waals surface area contributed by atoms with Gasteiger partial charge in [-0.2, -0.15) is 5.10 Å². The molecular weight excluding hydrogens is 282 g/mol. The number of aromatic nitrogens is 2. The summed E-state index contributed by atoms with van der Waals surface area (Å²) >= 11 is 0. The molecule has 0 fully saturated rings. The van der Waals surface area contributed by atoms with Crippen LogP contribution in [0.1, 0.15) is 55.7 Å². The van der Waals surface area contributed by atoms with E-state index < -0.39 is 16.0 Å². The van der Waals surface area contributed by atoms with Gasteiger partial charge in [0, 0.05) is 0 Å². The van der Waals surface area contributed by atoms with Crippen LogP contribution in [0, 0.1) is 0 Å². The third-order valence-corrected chi connectivity index (χ3v) is 3.76. The van der Waals surface area contributed by atoms with Crippen LogP contribution in [0.2, 0.25) is 0 Å². The monoisotopic (exact) mass is 303 g/mol. The molecule has 20 heavy (non-hydrogen) atoms. The summed E-state index contributed by atoms with van der Waals surface area (Å²) in [5.74, 6) is -0.760. The van der Waals surface area contributed by atoms with E-state index in [-0.39, 0.29) is 17.2 Å². The average Bonchev–Trinajstić information content (AvgIpc) is 2.78. The maximum Gasteiger partial charge on any atom is 0.360 e. The van der Waals surface area contributed by atoms with Crippen molar-refractivity contribution >= 4 is 16.0 Å². The zero-order valence-corrected chi connectivity index (χ0v) is 12.6. The summed E-state index contributed by atoms with van der Waals surface area (Å²) in [7, 11) is -4.02. The van der Waals surface area contributed by atoms with Crippen molar-refractivity contribution in [3.63, 3.8) is 0 Å². The van der Waals surface area contributed by atoms with Gasteiger partial charge in [-0.05, 0) is 12.8 Å². The van der Waals surface area contributed by atoms with Crippen LogP contribution in [0.15, 0.2) is 4.90 Å². The molecule has 1 rings (SSSR count). The average molecular weight is 303 g/mol. The number of hydrogen-bond donors (Lipinski definition) is 2. The lowest BCUT2D eigenvalue weighted by Crippen LogP contribution is -2.18. The lowest BCUT2D eigenvalue weighted by Gasteiger charge is -2.04. The van der Waals surface area contributed by atoms with Crippen LogP contribution in [0.5, 0.6) is 0 Å². The third kappa shape index (κ3) is 4.31. The number of aromatic amines is 1. The highest BCUT2D eigenvalue weighted by Crippen LogP contribution is 2.19. The Morgan fingerprint density at radius 3 is 2.55 bits per heavy atom. The zero-order valence-electron chi connectivity index (χ0n) is 11.8. The minimum atomic E-state index is -4.02. The van der Waals surface area contributed by atoms with E-state index in [0.29, 0.717) is 18.5 Å². The van der Waals surface area contributed by atoms with Gasteiger partial charge in [-0.15, -0.1) is 0 Å². The number of carbonyl (C=O) groups is 1. The van der Waals surface area contributed by atoms with Crippen LogP contribution in [0.3, 0.4) is 0 Å². The summed E-state index contributed by atoms with van der Waals surface area (Å²) in [4.78, 5) is 11.6. The first-order valence-electron chi connectivity index (χ1n) is 6.69. The molecule has 1 heterocycles. The van der Waals surface area contributed by atoms with E-state index in [1.807, 2.05) is 13.8 Å². The molecule has 1 aromatic rings. The molecule has 0 amide bonds. The number of esters is 1. The maximum atomic E-state index is 11.9. The van der Waals surface area contributed by atoms with Crippen molar-refractivity contribution in [1.82, 2.24) is 10.2 Å². The quantitative estimate of drug-likeness (QED) is 0.555. The molecule has 0 atom stereocenters. The van der Waals surface area contributed by atoms with Crippen molar-refractivity contribution in [3.8, 4) is 0 Å². The summed E-state index contributed by atoms with van der Waals surface area (Å²) in [6.07, 6.45) is 3.83. The molecule has 8 heteroatoms. The Hall–Kier alpha value is -1.41. The van der Waals surface area contributed by atoms with Gasteiger partial charge < -0.3 is 4.74 Å². The topological polar surface area (TPSA) is 115 Å². The zero-order chi connectivity index (χ0) is 15.2. The number of ether oxygens (including phenoxy) is 1. The largest absolute Gasteiger partial charge is 0.461 e. The molecule has 0 saturated carbocycles. The van der Waals surface area contributed by atoms with Gasteiger partial charge in [0.2, 0.25) is 10.0 Å². The van der Waals surface area contributed by atoms with Crippen molar-refractivity contribution in [1.29, 1.82) is 0 Å². The normalized spacial score (nSPS) is 11.6. The molecule has 7 nitrogen and oxygen atoms in total. The fourth-order valence-corrected chi connectivity index (χ4v) is 2.71. The number of primary sulfonamides is 1. The predicted octanol–water partition coefficient (Wildman–Crippen LogP) is 1.36. The third-order valence-electron chi connectivity index (χ3n) is 2.75. The minimum absolute atomic E-state index is 0.243. The highest BCUT2D eigenvalue weighted by Gasteiger charge is 2.27. The number of sulfonamides is 1. The van der Waals surface area contributed by atoms with Crippen LogP contribution < -0.4 is 5.14 Å². The summed E-state index contributed by atoms with van der Waals surface area (Å²) in [6, 6.07) is 0. The molecule has 0 aliphatic rings. The number of hydrogen-bond acceptors (Lipinski definition) is 5. The Morgan fingerprint density at radius 2 is 2.00 bits per heavy atom. The first kappa shape index (κ1) is 16.6. The number of aryl methyl sites for hydroxylation is 1. The van der Waals surface area contributed by atoms with Crippen molar-refractivity contribution in [2.24, 2.45) is 5.14 Å². The van der Waals surface area contributed by atoms with Gasteiger partial charge in [0.25, 0.3) is 0 Å². The van der Waals surface area contributed by atoms with Crippen molar-refractivity contribution < 1.29 is 17.9 Å². The highest BCUT2D eigenvalue weighted by molar-refractivity contribution is 7.89. The second-order valence-corrected chi connectivity index (χ2v) is 6.02. The summed E-state index contributed by atoms with van der Waals surface area (Å²) in [5.41, 5.74) is 0.0861. The fourth-order valence-electron chi connectivity index (χ4n) is 1.82. The number of unbranched alkanes of at least 4 members (excludes halogenated alkanes) is 2. The van der Waals surface area contributed by atoms with Gasteiger partial charge in [0.1, 0.15) is 4.90 Å². The predicted molar refractivity (Wildman–Crippen MR) is 73.8 cm³/mol. The van der Waals surface area contributed by atoms with E-state index in [2.05, 4.69) is 10.2 Å². The second kappa shape index (κ2) is 7.39. The number of H-pyrrole nitrogens is 1. The van der Waals surface area contributed by atoms with E-state index in [9.17, 15) is 13.2 Å². The summed E-state index contributed by atoms with van der Waals surface area (Å²) < 4.78 is 28.2. The molecule has 0 aliphatic heterocycles. The van der Waals surface area contributed by atoms with Gasteiger partial charge in [0.05, 0.1) is 12.3 Å². The first-order valence-corrected chi connectivity index (χ1v) is 8.23. The Labute approximate surface area is 118 Å². The van der Waals surface area contributed by atoms with Crippen molar-refractivity contribution in [3.05, 3.63) is 11.4 Å². The van der Waals surface area contributed by atoms with Crippen LogP contribution in [-0.2, 0) is 21.2 Å². The molecule has 0 radical (unpaired) electrons. The molecule has 0 saturated heterocycles. The van der Waals surface area contributed by atoms with Gasteiger partial charge in [-0.25, -0.2) is 18.4 Å². The second-order valence-electron chi connectivity index (χ2n) is 4.52. The van der Waals surface area contributed by atoms with E-state index >= 15 is 0 Å². The lowest BCUT2D eigenvalue weighted by molar-refractivity contribution is 0.0486. The van der Waals surface area contributed by atoms with Gasteiger partial charge in [-0.3, -0.25) is 5.10 Å².